The molecule has 600 valence electrons. The molecule has 10 aromatic carbocycles. The Morgan fingerprint density at radius 3 is 0.881 bits per heavy atom. The molecule has 4 aliphatic carbocycles. The van der Waals surface area contributed by atoms with Gasteiger partial charge in [0, 0.05) is 0 Å². The van der Waals surface area contributed by atoms with Crippen LogP contribution in [0, 0.1) is 60.4 Å². The summed E-state index contributed by atoms with van der Waals surface area (Å²) in [5, 5.41) is 1.07. The van der Waals surface area contributed by atoms with Crippen molar-refractivity contribution in [2.24, 2.45) is 0 Å². The van der Waals surface area contributed by atoms with Gasteiger partial charge in [-0.1, -0.05) is 0 Å². The van der Waals surface area contributed by atoms with Crippen LogP contribution < -0.4 is 35.1 Å². The van der Waals surface area contributed by atoms with Crippen molar-refractivity contribution in [3.63, 3.8) is 0 Å². The van der Waals surface area contributed by atoms with Crippen molar-refractivity contribution in [3.8, 4) is 0 Å². The van der Waals surface area contributed by atoms with Gasteiger partial charge < -0.3 is 0 Å². The van der Waals surface area contributed by atoms with Crippen LogP contribution in [-0.2, 0) is 46.3 Å². The average Bonchev–Trinajstić information content (AvgIpc) is 1.22. The van der Waals surface area contributed by atoms with Crippen LogP contribution in [0.5, 0.6) is 0 Å². The van der Waals surface area contributed by atoms with Crippen LogP contribution in [0.3, 0.4) is 0 Å². The normalized spacial score (nSPS) is 13.4. The van der Waals surface area contributed by atoms with Crippen LogP contribution in [0.15, 0.2) is 283 Å². The van der Waals surface area contributed by atoms with Crippen LogP contribution >= 0.6 is 46.4 Å². The van der Waals surface area contributed by atoms with Crippen molar-refractivity contribution in [2.45, 2.75) is 92.2 Å². The molecule has 0 saturated carbocycles. The second kappa shape index (κ2) is 38.0. The number of amides is 4. The Morgan fingerprint density at radius 1 is 0.339 bits per heavy atom. The molecule has 0 fully saturated rings. The van der Waals surface area contributed by atoms with Gasteiger partial charge in [0.2, 0.25) is 0 Å². The van der Waals surface area contributed by atoms with Gasteiger partial charge in [-0.15, -0.1) is 0 Å². The molecule has 4 aliphatic rings. The van der Waals surface area contributed by atoms with Gasteiger partial charge in [0.1, 0.15) is 0 Å². The third-order valence-electron chi connectivity index (χ3n) is 21.7. The summed E-state index contributed by atoms with van der Waals surface area (Å²) >= 11 is 14.4. The minimum absolute atomic E-state index is 0.0800. The first-order valence-electron chi connectivity index (χ1n) is 38.7. The third-order valence-corrected chi connectivity index (χ3v) is 38.8. The maximum absolute atomic E-state index is 18.4. The van der Waals surface area contributed by atoms with E-state index in [4.69, 9.17) is 46.4 Å². The molecule has 0 atom stereocenters. The van der Waals surface area contributed by atoms with Gasteiger partial charge >= 0.3 is 714 Å². The number of aryl methyl sites for hydroxylation is 2. The molecular weight excluding hydrogens is 1660 g/mol. The van der Waals surface area contributed by atoms with E-state index >= 15 is 35.1 Å². The van der Waals surface area contributed by atoms with Gasteiger partial charge in [-0.3, -0.25) is 0 Å². The maximum atomic E-state index is 18.4. The Labute approximate surface area is 708 Å². The van der Waals surface area contributed by atoms with E-state index < -0.39 is 119 Å². The minimum atomic E-state index is -5.54. The van der Waals surface area contributed by atoms with E-state index in [1.807, 2.05) is 52.0 Å². The van der Waals surface area contributed by atoms with Gasteiger partial charge in [-0.25, -0.2) is 0 Å². The molecule has 0 spiro atoms. The molecule has 0 N–H and O–H groups in total. The van der Waals surface area contributed by atoms with Crippen LogP contribution in [-0.4, -0.2) is 36.7 Å². The predicted octanol–water partition coefficient (Wildman–Crippen LogP) is 23.9. The number of carbonyl (C=O) groups is 4. The van der Waals surface area contributed by atoms with Crippen LogP contribution in [0.1, 0.15) is 129 Å². The van der Waals surface area contributed by atoms with Crippen molar-refractivity contribution in [3.05, 3.63) is 394 Å². The molecule has 10 aromatic rings. The van der Waals surface area contributed by atoms with Gasteiger partial charge in [-0.05, 0) is 0 Å². The SMILES string of the molecule is CCCCN(C(=O)c1ccc(Cl)cc1)c1ccc(F)[c]([Ti]([C]2=CC=CC2)([C]2=CC=CC2)[c]2c(F)ccc(N(CCCC)C(=O)c3ccc(Cl)cc3)c2F)c1F.Cc1ccc(CN(C(=O)c2ccccc2Cl)c2ccc(F)[c]([Ti]([C]3=CC=CC3)([C]3=CC=CC3)[c]3c(F)ccc(N(Cc4ccc(C)cc4)C(=O)c4ccccc4Cl)c3F)c2F)cc1. The Bertz CT molecular complexity index is 5460. The van der Waals surface area contributed by atoms with Crippen molar-refractivity contribution in [1.29, 1.82) is 0 Å². The van der Waals surface area contributed by atoms with E-state index in [0.717, 1.165) is 35.4 Å². The number of rotatable bonds is 26. The fraction of sp³-hybridized carbons (Fsp3) is 0.167. The van der Waals surface area contributed by atoms with E-state index in [1.54, 1.807) is 158 Å². The fourth-order valence-electron chi connectivity index (χ4n) is 15.9. The molecule has 0 bridgehead atoms. The molecule has 0 aliphatic heterocycles. The third kappa shape index (κ3) is 17.3. The van der Waals surface area contributed by atoms with E-state index in [9.17, 15) is 19.2 Å². The molecular formula is C96H80Cl4F8N4O4Ti2. The molecule has 0 aromatic heterocycles. The summed E-state index contributed by atoms with van der Waals surface area (Å²) in [5.74, 6) is -10.7. The molecule has 0 heterocycles. The Kier molecular flexibility index (Phi) is 27.6. The molecule has 0 saturated heterocycles. The topological polar surface area (TPSA) is 81.2 Å². The zero-order valence-corrected chi connectivity index (χ0v) is 71.0. The number of hydrogen-bond donors (Lipinski definition) is 0. The van der Waals surface area contributed by atoms with E-state index in [-0.39, 0.29) is 107 Å². The van der Waals surface area contributed by atoms with E-state index in [2.05, 4.69) is 0 Å². The van der Waals surface area contributed by atoms with Crippen LogP contribution in [0.25, 0.3) is 0 Å². The first-order chi connectivity index (χ1) is 56.9. The average molecular weight is 1740 g/mol. The van der Waals surface area contributed by atoms with Gasteiger partial charge in [0.25, 0.3) is 0 Å². The van der Waals surface area contributed by atoms with Crippen molar-refractivity contribution in [1.82, 2.24) is 0 Å². The number of nitrogens with zero attached hydrogens (tertiary/aromatic N) is 4. The molecule has 4 amide bonds. The zero-order valence-electron chi connectivity index (χ0n) is 64.8. The summed E-state index contributed by atoms with van der Waals surface area (Å²) in [6, 6.07) is 48.8. The van der Waals surface area contributed by atoms with Gasteiger partial charge in [0.15, 0.2) is 0 Å². The Balaban J connectivity index is 0.000000207. The number of benzene rings is 10. The summed E-state index contributed by atoms with van der Waals surface area (Å²) < 4.78 is 141. The summed E-state index contributed by atoms with van der Waals surface area (Å²) in [4.78, 5) is 62.3. The van der Waals surface area contributed by atoms with Crippen LogP contribution in [0.4, 0.5) is 57.9 Å². The van der Waals surface area contributed by atoms with Crippen molar-refractivity contribution < 1.29 is 87.5 Å². The number of anilines is 4. The van der Waals surface area contributed by atoms with Crippen LogP contribution in [0.2, 0.25) is 20.1 Å². The first kappa shape index (κ1) is 85.9. The monoisotopic (exact) mass is 1740 g/mol. The Morgan fingerprint density at radius 2 is 0.619 bits per heavy atom. The molecule has 22 heteroatoms. The Hall–Kier alpha value is -9.97. The number of unbranched alkanes of at least 4 members (excludes halogenated alkanes) is 2. The standard InChI is InChI=1S/2C21H15ClF2NO.2C17H15ClF2NO.4C5H5.2Ti/c2*1-14-6-8-15(9-7-14)13-25(20-11-10-16(23)12-19(20)24)21(26)17-4-2-3-5-18(17)22;2*1-2-3-10-21(16-9-8-14(19)11-15(16)20)17(22)12-4-6-13(18)7-5-12;4*1-2-4-5-3-1;;/h2*2-11H,13H2,1H3;2*4-9H,2-3,10H2,1H3;4*1-3H,4H2;;. The summed E-state index contributed by atoms with van der Waals surface area (Å²) in [6.07, 6.45) is 23.9. The van der Waals surface area contributed by atoms with Gasteiger partial charge in [-0.2, -0.15) is 0 Å². The number of hydrogen-bond acceptors (Lipinski definition) is 4. The summed E-state index contributed by atoms with van der Waals surface area (Å²) in [7, 11) is 0. The summed E-state index contributed by atoms with van der Waals surface area (Å²) in [6.45, 7) is 7.60. The zero-order chi connectivity index (χ0) is 83.7. The second-order valence-electron chi connectivity index (χ2n) is 29.2. The quantitative estimate of drug-likeness (QED) is 0.0400. The molecule has 0 radical (unpaired) electrons. The molecule has 8 nitrogen and oxygen atoms in total. The number of allylic oxidation sites excluding steroid dienone is 16. The molecule has 118 heavy (non-hydrogen) atoms. The van der Waals surface area contributed by atoms with E-state index in [0.29, 0.717) is 62.4 Å². The van der Waals surface area contributed by atoms with E-state index in [1.165, 1.54) is 80.3 Å². The fourth-order valence-corrected chi connectivity index (χ4v) is 33.1. The molecule has 0 unspecified atom stereocenters. The first-order valence-corrected chi connectivity index (χ1v) is 46.5. The summed E-state index contributed by atoms with van der Waals surface area (Å²) in [5.41, 5.74) is 2.88. The van der Waals surface area contributed by atoms with Gasteiger partial charge in [0.05, 0.1) is 0 Å². The number of halogens is 12. The predicted molar refractivity (Wildman–Crippen MR) is 454 cm³/mol. The van der Waals surface area contributed by atoms with Crippen molar-refractivity contribution >= 4 is 108 Å². The molecule has 14 rings (SSSR count). The number of carbonyl (C=O) groups excluding carboxylic acids is 4. The van der Waals surface area contributed by atoms with Crippen molar-refractivity contribution in [2.75, 3.05) is 32.7 Å². The second-order valence-corrected chi connectivity index (χ2v) is 42.7.